The van der Waals surface area contributed by atoms with Crippen LogP contribution in [0.5, 0.6) is 0 Å². The van der Waals surface area contributed by atoms with Gasteiger partial charge in [0.25, 0.3) is 0 Å². The van der Waals surface area contributed by atoms with Gasteiger partial charge in [0.05, 0.1) is 17.3 Å². The van der Waals surface area contributed by atoms with Crippen LogP contribution in [0, 0.1) is 45.3 Å². The van der Waals surface area contributed by atoms with Crippen molar-refractivity contribution in [3.05, 3.63) is 70.9 Å². The van der Waals surface area contributed by atoms with Crippen molar-refractivity contribution in [2.24, 2.45) is 45.3 Å². The number of allylic oxidation sites excluding steroid dienone is 8. The second kappa shape index (κ2) is 24.4. The Bertz CT molecular complexity index is 2520. The number of aliphatic hydroxyl groups is 3. The first kappa shape index (κ1) is 44.9. The molecule has 8 nitrogen and oxygen atoms in total. The Kier molecular flexibility index (Phi) is 15.0. The van der Waals surface area contributed by atoms with E-state index in [9.17, 15) is 38.5 Å². The van der Waals surface area contributed by atoms with Crippen molar-refractivity contribution >= 4 is 17.9 Å². The van der Waals surface area contributed by atoms with Crippen molar-refractivity contribution in [2.75, 3.05) is 0 Å². The highest BCUT2D eigenvalue weighted by Crippen LogP contribution is 2.71. The number of esters is 3. The number of hydrogen-bond acceptors (Lipinski definition) is 8. The second-order valence-electron chi connectivity index (χ2n) is 23.9. The van der Waals surface area contributed by atoms with Crippen molar-refractivity contribution < 1.29 is 64.4 Å². The molecule has 0 saturated heterocycles. The zero-order valence-corrected chi connectivity index (χ0v) is 44.0. The lowest BCUT2D eigenvalue weighted by Gasteiger charge is -2.45. The lowest BCUT2D eigenvalue weighted by Crippen LogP contribution is -2.37. The van der Waals surface area contributed by atoms with Gasteiger partial charge in [-0.3, -0.25) is 14.4 Å². The van der Waals surface area contributed by atoms with E-state index in [4.69, 9.17) is 21.2 Å². The minimum absolute atomic E-state index is 0. The maximum Gasteiger partial charge on any atom is 0.310 e. The lowest BCUT2D eigenvalue weighted by molar-refractivity contribution is -0.156. The van der Waals surface area contributed by atoms with Crippen LogP contribution in [-0.2, 0) is 23.9 Å². The van der Waals surface area contributed by atoms with Crippen LogP contribution in [0.3, 0.4) is 0 Å². The maximum atomic E-state index is 14.6. The zero-order valence-electron chi connectivity index (χ0n) is 56.0. The van der Waals surface area contributed by atoms with Gasteiger partial charge in [0.15, 0.2) is 0 Å². The summed E-state index contributed by atoms with van der Waals surface area (Å²) in [7, 11) is 0. The molecule has 8 aliphatic carbocycles. The van der Waals surface area contributed by atoms with Gasteiger partial charge >= 0.3 is 17.9 Å². The molecule has 10 heteroatoms. The van der Waals surface area contributed by atoms with E-state index in [1.807, 2.05) is 12.2 Å². The fraction of sp³-hybridized carbons (Fsp3) is 0.762. The standard InChI is InChI=1S/C30H45FO3.C28H43FO2.C4H6O3.CH4/c1-20-23(18-24(19-26(20)31)34-21(2)32)10-9-22-8-6-14-29(5)25(22)11-12-27(29)30(16-17-30)15-7-13-28(3,4)33;1-19-21(17-22(30)18-24(19)29)9-8-20-7-5-13-27(4)23(20)10-11-25(27)28(15-16-28)14-6-12-26(2,3)31;1-3(5)7-4(2)6;/h9-10,24-27,33H,1,6-8,11-19H2,2-5H3;8-9,22-25,30-31H,1,5-7,10-18H2,2-4H3;1-2H3;1H4/b22-9+,23-10-;20-8+,21-9-;;/t24?,25?,26-,27?,29-;22?,23?,24-,25?,27-;;/m00../s1/i3D3,4D3;2D3,3D3;;. The molecule has 8 fully saturated rings. The minimum Gasteiger partial charge on any atom is -0.462 e. The first-order chi connectivity index (χ1) is 38.6. The Morgan fingerprint density at radius 2 is 1.10 bits per heavy atom. The maximum absolute atomic E-state index is 14.6. The molecule has 6 unspecified atom stereocenters. The van der Waals surface area contributed by atoms with Crippen molar-refractivity contribution in [3.63, 3.8) is 0 Å². The molecule has 8 rings (SSSR count). The SMILES string of the molecule is C.CC(=O)OC(C)=O.[2H]C([2H])([2H])C(O)(CCCC1(C2CCC3/C(=C/C=C4/CC(O)C[C@H](F)C4=C)CCC[C@@]32C)CC1)C([2H])([2H])[2H].[2H]C([2H])([2H])C(O)(CCCC1(C2CCC3/C(=C/C=C4/CC(OC(C)=O)C[C@H](F)C4=C)CCC[C@@]32C)CC1)C([2H])([2H])[2H]. The molecular weight excluding hydrogens is 923 g/mol. The average Bonchev–Trinajstić information content (AvgIpc) is 1.60. The van der Waals surface area contributed by atoms with Gasteiger partial charge in [0.2, 0.25) is 0 Å². The fourth-order valence-electron chi connectivity index (χ4n) is 15.1. The van der Waals surface area contributed by atoms with Crippen molar-refractivity contribution in [2.45, 2.75) is 259 Å². The number of rotatable bonds is 13. The zero-order chi connectivity index (χ0) is 63.0. The van der Waals surface area contributed by atoms with Crippen LogP contribution in [-0.4, -0.2) is 69.0 Å². The van der Waals surface area contributed by atoms with Gasteiger partial charge < -0.3 is 24.8 Å². The third-order valence-electron chi connectivity index (χ3n) is 18.7. The van der Waals surface area contributed by atoms with Crippen molar-refractivity contribution in [1.29, 1.82) is 0 Å². The van der Waals surface area contributed by atoms with E-state index in [1.54, 1.807) is 0 Å². The molecule has 0 radical (unpaired) electrons. The van der Waals surface area contributed by atoms with E-state index in [1.165, 1.54) is 31.9 Å². The third kappa shape index (κ3) is 15.5. The topological polar surface area (TPSA) is 130 Å². The number of carbonyl (C=O) groups is 3. The first-order valence-electron chi connectivity index (χ1n) is 33.0. The highest BCUT2D eigenvalue weighted by Gasteiger charge is 2.62. The molecule has 0 aliphatic heterocycles. The molecule has 0 spiro atoms. The Morgan fingerprint density at radius 3 is 1.48 bits per heavy atom. The Hall–Kier alpha value is -3.21. The van der Waals surface area contributed by atoms with Crippen LogP contribution < -0.4 is 0 Å². The average molecular weight is 1030 g/mol. The normalized spacial score (nSPS) is 38.5. The largest absolute Gasteiger partial charge is 0.462 e. The van der Waals surface area contributed by atoms with E-state index >= 15 is 0 Å². The molecule has 0 aromatic carbocycles. The van der Waals surface area contributed by atoms with Gasteiger partial charge in [-0.15, -0.1) is 0 Å². The van der Waals surface area contributed by atoms with Crippen LogP contribution >= 0.6 is 0 Å². The lowest BCUT2D eigenvalue weighted by atomic mass is 9.59. The number of ether oxygens (including phenoxy) is 2. The fourth-order valence-corrected chi connectivity index (χ4v) is 15.1. The minimum atomic E-state index is -2.97. The molecule has 3 N–H and O–H groups in total. The van der Waals surface area contributed by atoms with E-state index in [0.29, 0.717) is 60.5 Å². The molecule has 0 aromatic heterocycles. The smallest absolute Gasteiger partial charge is 0.310 e. The van der Waals surface area contributed by atoms with Crippen molar-refractivity contribution in [1.82, 2.24) is 0 Å². The molecular formula is C63H98F2O8. The predicted molar refractivity (Wildman–Crippen MR) is 290 cm³/mol. The summed E-state index contributed by atoms with van der Waals surface area (Å²) in [6, 6.07) is 0. The quantitative estimate of drug-likeness (QED) is 0.123. The van der Waals surface area contributed by atoms with Crippen LogP contribution in [0.25, 0.3) is 0 Å². The monoisotopic (exact) mass is 1030 g/mol. The first-order valence-corrected chi connectivity index (χ1v) is 27.0. The molecule has 10 atom stereocenters. The van der Waals surface area contributed by atoms with Crippen LogP contribution in [0.2, 0.25) is 0 Å². The third-order valence-corrected chi connectivity index (χ3v) is 18.7. The van der Waals surface area contributed by atoms with Gasteiger partial charge in [0.1, 0.15) is 18.4 Å². The molecule has 8 aliphatic rings. The highest BCUT2D eigenvalue weighted by molar-refractivity contribution is 5.82. The molecule has 8 saturated carbocycles. The summed E-state index contributed by atoms with van der Waals surface area (Å²) in [4.78, 5) is 31.1. The van der Waals surface area contributed by atoms with Gasteiger partial charge in [-0.2, -0.15) is 0 Å². The van der Waals surface area contributed by atoms with Crippen molar-refractivity contribution in [3.8, 4) is 0 Å². The van der Waals surface area contributed by atoms with E-state index in [2.05, 4.69) is 43.9 Å². The number of fused-ring (bicyclic) bond motifs is 2. The summed E-state index contributed by atoms with van der Waals surface area (Å²) in [5, 5.41) is 31.4. The summed E-state index contributed by atoms with van der Waals surface area (Å²) < 4.78 is 130. The molecule has 73 heavy (non-hydrogen) atoms. The van der Waals surface area contributed by atoms with Gasteiger partial charge in [-0.05, 0) is 217 Å². The second-order valence-corrected chi connectivity index (χ2v) is 23.9. The summed E-state index contributed by atoms with van der Waals surface area (Å²) in [6.45, 7) is 4.48. The van der Waals surface area contributed by atoms with Gasteiger partial charge in [0, 0.05) is 56.5 Å². The molecule has 0 amide bonds. The number of aliphatic hydroxyl groups excluding tert-OH is 1. The number of halogens is 2. The van der Waals surface area contributed by atoms with E-state index < -0.39 is 81.1 Å². The number of carbonyl (C=O) groups excluding carboxylic acids is 3. The van der Waals surface area contributed by atoms with Crippen LogP contribution in [0.15, 0.2) is 70.9 Å². The summed E-state index contributed by atoms with van der Waals surface area (Å²) in [5.74, 6) is 0.257. The van der Waals surface area contributed by atoms with Gasteiger partial charge in [-0.25, -0.2) is 8.78 Å². The predicted octanol–water partition coefficient (Wildman–Crippen LogP) is 15.0. The number of alkyl halides is 2. The summed E-state index contributed by atoms with van der Waals surface area (Å²) in [5.41, 5.74) is 0.325. The molecule has 412 valence electrons. The Balaban J connectivity index is 0.000000277. The van der Waals surface area contributed by atoms with E-state index in [-0.39, 0.29) is 54.8 Å². The summed E-state index contributed by atoms with van der Waals surface area (Å²) in [6.07, 6.45) is 22.6. The number of hydrogen-bond donors (Lipinski definition) is 3. The highest BCUT2D eigenvalue weighted by atomic mass is 19.1. The van der Waals surface area contributed by atoms with E-state index in [0.717, 1.165) is 114 Å². The Morgan fingerprint density at radius 1 is 0.671 bits per heavy atom. The van der Waals surface area contributed by atoms with Crippen LogP contribution in [0.1, 0.15) is 240 Å². The van der Waals surface area contributed by atoms with Gasteiger partial charge in [-0.1, -0.05) is 82.7 Å². The van der Waals surface area contributed by atoms with Crippen LogP contribution in [0.4, 0.5) is 8.78 Å². The molecule has 0 bridgehead atoms. The Labute approximate surface area is 456 Å². The summed E-state index contributed by atoms with van der Waals surface area (Å²) >= 11 is 0. The molecule has 0 heterocycles. The molecule has 0 aromatic rings.